The van der Waals surface area contributed by atoms with Gasteiger partial charge in [0.25, 0.3) is 0 Å². The van der Waals surface area contributed by atoms with Gasteiger partial charge in [0.2, 0.25) is 17.7 Å². The number of fused-ring (bicyclic) bond motifs is 1. The second-order valence-electron chi connectivity index (χ2n) is 5.67. The molecule has 0 radical (unpaired) electrons. The Morgan fingerprint density at radius 2 is 2.08 bits per heavy atom. The van der Waals surface area contributed by atoms with Crippen molar-refractivity contribution in [3.63, 3.8) is 0 Å². The summed E-state index contributed by atoms with van der Waals surface area (Å²) in [5.74, 6) is 0.474. The first-order chi connectivity index (χ1) is 11.4. The van der Waals surface area contributed by atoms with Crippen molar-refractivity contribution >= 4 is 16.8 Å². The lowest BCUT2D eigenvalue weighted by atomic mass is 10.1. The number of aromatic amines is 1. The molecule has 0 unspecified atom stereocenters. The molecule has 0 spiro atoms. The highest BCUT2D eigenvalue weighted by Gasteiger charge is 2.10. The van der Waals surface area contributed by atoms with Crippen molar-refractivity contribution in [3.05, 3.63) is 57.5 Å². The summed E-state index contributed by atoms with van der Waals surface area (Å²) in [6, 6.07) is 6.30. The van der Waals surface area contributed by atoms with Crippen LogP contribution in [0.25, 0.3) is 10.9 Å². The third-order valence-corrected chi connectivity index (χ3v) is 3.58. The molecule has 0 aliphatic carbocycles. The van der Waals surface area contributed by atoms with Crippen molar-refractivity contribution in [2.75, 3.05) is 7.05 Å². The van der Waals surface area contributed by atoms with Crippen molar-refractivity contribution < 1.29 is 9.21 Å². The summed E-state index contributed by atoms with van der Waals surface area (Å²) in [4.78, 5) is 28.7. The number of nitrogens with zero attached hydrogens (tertiary/aromatic N) is 3. The Morgan fingerprint density at radius 1 is 1.29 bits per heavy atom. The van der Waals surface area contributed by atoms with Crippen molar-refractivity contribution in [2.45, 2.75) is 20.0 Å². The van der Waals surface area contributed by atoms with Crippen LogP contribution in [0.1, 0.15) is 27.8 Å². The largest absolute Gasteiger partial charge is 0.424 e. The minimum atomic E-state index is -0.560. The number of carbonyl (C=O) groups is 1. The highest BCUT2D eigenvalue weighted by Crippen LogP contribution is 2.12. The maximum absolute atomic E-state index is 12.3. The predicted molar refractivity (Wildman–Crippen MR) is 87.3 cm³/mol. The molecule has 3 N–H and O–H groups in total. The number of hydrogen-bond donors (Lipinski definition) is 2. The topological polar surface area (TPSA) is 118 Å². The first kappa shape index (κ1) is 15.9. The Balaban J connectivity index is 1.83. The molecule has 0 atom stereocenters. The van der Waals surface area contributed by atoms with E-state index in [1.165, 1.54) is 12.1 Å². The van der Waals surface area contributed by atoms with Crippen LogP contribution in [-0.2, 0) is 13.1 Å². The SMILES string of the molecule is Cc1nnc(CN(C)Cc2cc(=O)c3cc(C(N)=O)ccc3[nH]2)o1. The van der Waals surface area contributed by atoms with Crippen LogP contribution in [0.15, 0.2) is 33.5 Å². The summed E-state index contributed by atoms with van der Waals surface area (Å²) < 4.78 is 5.34. The normalized spacial score (nSPS) is 11.3. The zero-order valence-corrected chi connectivity index (χ0v) is 13.4. The molecule has 24 heavy (non-hydrogen) atoms. The van der Waals surface area contributed by atoms with Gasteiger partial charge in [-0.2, -0.15) is 0 Å². The third kappa shape index (κ3) is 3.33. The molecule has 1 amide bonds. The number of amides is 1. The number of aromatic nitrogens is 3. The van der Waals surface area contributed by atoms with Crippen LogP contribution < -0.4 is 11.2 Å². The molecule has 0 aliphatic heterocycles. The van der Waals surface area contributed by atoms with E-state index < -0.39 is 5.91 Å². The third-order valence-electron chi connectivity index (χ3n) is 3.58. The van der Waals surface area contributed by atoms with Crippen molar-refractivity contribution in [3.8, 4) is 0 Å². The Bertz CT molecular complexity index is 960. The fourth-order valence-corrected chi connectivity index (χ4v) is 2.52. The summed E-state index contributed by atoms with van der Waals surface area (Å²) in [5.41, 5.74) is 6.80. The lowest BCUT2D eigenvalue weighted by Gasteiger charge is -2.14. The van der Waals surface area contributed by atoms with Crippen LogP contribution in [0, 0.1) is 6.92 Å². The maximum Gasteiger partial charge on any atom is 0.248 e. The molecule has 3 rings (SSSR count). The van der Waals surface area contributed by atoms with E-state index in [1.54, 1.807) is 19.1 Å². The Morgan fingerprint density at radius 3 is 2.75 bits per heavy atom. The number of aryl methyl sites for hydroxylation is 1. The predicted octanol–water partition coefficient (Wildman–Crippen LogP) is 0.950. The lowest BCUT2D eigenvalue weighted by Crippen LogP contribution is -2.20. The summed E-state index contributed by atoms with van der Waals surface area (Å²) in [6.07, 6.45) is 0. The molecule has 0 bridgehead atoms. The molecular weight excluding hydrogens is 310 g/mol. The van der Waals surface area contributed by atoms with Crippen LogP contribution in [-0.4, -0.2) is 33.0 Å². The van der Waals surface area contributed by atoms with Crippen LogP contribution in [0.2, 0.25) is 0 Å². The molecule has 1 aromatic carbocycles. The summed E-state index contributed by atoms with van der Waals surface area (Å²) in [6.45, 7) is 2.71. The average Bonchev–Trinajstić information content (AvgIpc) is 2.91. The van der Waals surface area contributed by atoms with E-state index in [9.17, 15) is 9.59 Å². The van der Waals surface area contributed by atoms with Gasteiger partial charge >= 0.3 is 0 Å². The minimum absolute atomic E-state index is 0.163. The number of carbonyl (C=O) groups excluding carboxylic acids is 1. The van der Waals surface area contributed by atoms with Crippen LogP contribution >= 0.6 is 0 Å². The molecular formula is C16H17N5O3. The lowest BCUT2D eigenvalue weighted by molar-refractivity contribution is 0.100. The zero-order chi connectivity index (χ0) is 17.3. The van der Waals surface area contributed by atoms with Gasteiger partial charge in [-0.05, 0) is 25.2 Å². The molecule has 0 aliphatic rings. The van der Waals surface area contributed by atoms with E-state index in [0.29, 0.717) is 41.3 Å². The number of rotatable bonds is 5. The number of primary amides is 1. The molecule has 3 aromatic rings. The minimum Gasteiger partial charge on any atom is -0.424 e. The maximum atomic E-state index is 12.3. The van der Waals surface area contributed by atoms with E-state index in [1.807, 2.05) is 11.9 Å². The molecule has 2 heterocycles. The molecule has 0 saturated heterocycles. The molecule has 0 saturated carbocycles. The molecule has 0 fully saturated rings. The number of nitrogens with one attached hydrogen (secondary N) is 1. The Kier molecular flexibility index (Phi) is 4.13. The van der Waals surface area contributed by atoms with Crippen LogP contribution in [0.3, 0.4) is 0 Å². The average molecular weight is 327 g/mol. The van der Waals surface area contributed by atoms with Gasteiger partial charge in [-0.15, -0.1) is 10.2 Å². The number of benzene rings is 1. The molecule has 2 aromatic heterocycles. The van der Waals surface area contributed by atoms with Gasteiger partial charge in [-0.25, -0.2) is 0 Å². The Hall–Kier alpha value is -3.00. The smallest absolute Gasteiger partial charge is 0.248 e. The second kappa shape index (κ2) is 6.25. The summed E-state index contributed by atoms with van der Waals surface area (Å²) >= 11 is 0. The highest BCUT2D eigenvalue weighted by molar-refractivity contribution is 5.96. The first-order valence-corrected chi connectivity index (χ1v) is 7.35. The summed E-state index contributed by atoms with van der Waals surface area (Å²) in [7, 11) is 1.89. The number of H-pyrrole nitrogens is 1. The highest BCUT2D eigenvalue weighted by atomic mass is 16.4. The van der Waals surface area contributed by atoms with Crippen molar-refractivity contribution in [1.29, 1.82) is 0 Å². The second-order valence-corrected chi connectivity index (χ2v) is 5.67. The van der Waals surface area contributed by atoms with Gasteiger partial charge in [-0.1, -0.05) is 0 Å². The quantitative estimate of drug-likeness (QED) is 0.720. The van der Waals surface area contributed by atoms with Crippen LogP contribution in [0.4, 0.5) is 0 Å². The fourth-order valence-electron chi connectivity index (χ4n) is 2.52. The number of pyridine rings is 1. The molecule has 124 valence electrons. The fraction of sp³-hybridized carbons (Fsp3) is 0.250. The van der Waals surface area contributed by atoms with Gasteiger partial charge in [0.1, 0.15) is 0 Å². The van der Waals surface area contributed by atoms with Gasteiger partial charge in [0.05, 0.1) is 6.54 Å². The van der Waals surface area contributed by atoms with E-state index in [0.717, 1.165) is 5.69 Å². The van der Waals surface area contributed by atoms with E-state index in [2.05, 4.69) is 15.2 Å². The van der Waals surface area contributed by atoms with Gasteiger partial charge in [0.15, 0.2) is 5.43 Å². The first-order valence-electron chi connectivity index (χ1n) is 7.35. The standard InChI is InChI=1S/C16H17N5O3/c1-9-19-20-15(24-9)8-21(2)7-11-6-14(22)12-5-10(16(17)23)3-4-13(12)18-11/h3-6H,7-8H2,1-2H3,(H2,17,23)(H,18,22). The monoisotopic (exact) mass is 327 g/mol. The molecule has 8 nitrogen and oxygen atoms in total. The number of hydrogen-bond acceptors (Lipinski definition) is 6. The van der Waals surface area contributed by atoms with Crippen molar-refractivity contribution in [1.82, 2.24) is 20.1 Å². The Labute approximate surface area is 137 Å². The van der Waals surface area contributed by atoms with E-state index in [4.69, 9.17) is 10.2 Å². The van der Waals surface area contributed by atoms with E-state index >= 15 is 0 Å². The summed E-state index contributed by atoms with van der Waals surface area (Å²) in [5, 5.41) is 8.17. The van der Waals surface area contributed by atoms with E-state index in [-0.39, 0.29) is 5.43 Å². The number of nitrogens with two attached hydrogens (primary N) is 1. The van der Waals surface area contributed by atoms with Gasteiger partial charge < -0.3 is 15.1 Å². The van der Waals surface area contributed by atoms with Gasteiger partial charge in [-0.3, -0.25) is 14.5 Å². The van der Waals surface area contributed by atoms with Crippen LogP contribution in [0.5, 0.6) is 0 Å². The zero-order valence-electron chi connectivity index (χ0n) is 13.4. The van der Waals surface area contributed by atoms with Crippen molar-refractivity contribution in [2.24, 2.45) is 5.73 Å². The van der Waals surface area contributed by atoms with Gasteiger partial charge in [0, 0.05) is 41.7 Å². The molecule has 8 heteroatoms.